The Kier molecular flexibility index (Phi) is 7.19. The van der Waals surface area contributed by atoms with Crippen molar-refractivity contribution in [2.45, 2.75) is 32.4 Å². The molecule has 0 aliphatic carbocycles. The largest absolute Gasteiger partial charge is 0.394 e. The van der Waals surface area contributed by atoms with E-state index in [4.69, 9.17) is 5.11 Å². The molecule has 0 saturated heterocycles. The van der Waals surface area contributed by atoms with Crippen LogP contribution in [-0.2, 0) is 6.42 Å². The Labute approximate surface area is 127 Å². The molecule has 2 amide bonds. The normalized spacial score (nSPS) is 13.8. The molecule has 1 rings (SSSR count). The van der Waals surface area contributed by atoms with Crippen molar-refractivity contribution in [3.05, 3.63) is 35.4 Å². The predicted molar refractivity (Wildman–Crippen MR) is 85.3 cm³/mol. The van der Waals surface area contributed by atoms with Crippen LogP contribution >= 0.6 is 0 Å². The number of benzene rings is 1. The molecular weight excluding hydrogens is 266 g/mol. The highest BCUT2D eigenvalue weighted by Gasteiger charge is 2.15. The zero-order valence-corrected chi connectivity index (χ0v) is 13.4. The first kappa shape index (κ1) is 17.5. The highest BCUT2D eigenvalue weighted by Crippen LogP contribution is 2.18. The molecule has 21 heavy (non-hydrogen) atoms. The molecule has 0 aromatic heterocycles. The topological polar surface area (TPSA) is 64.6 Å². The second-order valence-corrected chi connectivity index (χ2v) is 5.51. The van der Waals surface area contributed by atoms with Gasteiger partial charge in [0, 0.05) is 6.54 Å². The summed E-state index contributed by atoms with van der Waals surface area (Å²) in [5.74, 6) is 0. The molecule has 0 spiro atoms. The summed E-state index contributed by atoms with van der Waals surface area (Å²) >= 11 is 0. The number of aryl methyl sites for hydroxylation is 1. The number of carbonyl (C=O) groups excluding carboxylic acids is 1. The second-order valence-electron chi connectivity index (χ2n) is 5.51. The maximum Gasteiger partial charge on any atom is 0.315 e. The van der Waals surface area contributed by atoms with Crippen molar-refractivity contribution in [1.29, 1.82) is 0 Å². The van der Waals surface area contributed by atoms with Gasteiger partial charge in [-0.1, -0.05) is 31.2 Å². The van der Waals surface area contributed by atoms with Crippen molar-refractivity contribution in [2.24, 2.45) is 0 Å². The minimum atomic E-state index is -0.256. The molecule has 0 heterocycles. The Balaban J connectivity index is 2.63. The van der Waals surface area contributed by atoms with E-state index >= 15 is 0 Å². The van der Waals surface area contributed by atoms with Gasteiger partial charge >= 0.3 is 6.03 Å². The summed E-state index contributed by atoms with van der Waals surface area (Å²) in [6.07, 6.45) is 1.02. The van der Waals surface area contributed by atoms with E-state index in [1.807, 2.05) is 14.1 Å². The monoisotopic (exact) mass is 293 g/mol. The van der Waals surface area contributed by atoms with Gasteiger partial charge in [0.2, 0.25) is 0 Å². The van der Waals surface area contributed by atoms with Gasteiger partial charge in [-0.15, -0.1) is 0 Å². The van der Waals surface area contributed by atoms with Gasteiger partial charge in [0.05, 0.1) is 18.7 Å². The van der Waals surface area contributed by atoms with E-state index < -0.39 is 0 Å². The number of aliphatic hydroxyl groups excluding tert-OH is 1. The third kappa shape index (κ3) is 5.73. The van der Waals surface area contributed by atoms with Crippen LogP contribution in [0.15, 0.2) is 24.3 Å². The molecule has 0 aliphatic rings. The lowest BCUT2D eigenvalue weighted by molar-refractivity contribution is 0.215. The molecule has 0 saturated carbocycles. The molecule has 118 valence electrons. The summed E-state index contributed by atoms with van der Waals surface area (Å²) < 4.78 is 0. The maximum atomic E-state index is 11.7. The first-order chi connectivity index (χ1) is 9.97. The standard InChI is InChI=1S/C16H27N3O2/c1-5-13-6-8-14(9-7-13)15(19(3)4)10-17-16(21)18-12(2)11-20/h6-9,12,15,20H,5,10-11H2,1-4H3,(H2,17,18,21). The van der Waals surface area contributed by atoms with Crippen LogP contribution in [-0.4, -0.2) is 49.3 Å². The molecule has 0 bridgehead atoms. The van der Waals surface area contributed by atoms with E-state index in [1.165, 1.54) is 11.1 Å². The zero-order chi connectivity index (χ0) is 15.8. The summed E-state index contributed by atoms with van der Waals surface area (Å²) in [6.45, 7) is 4.34. The van der Waals surface area contributed by atoms with Crippen molar-refractivity contribution in [1.82, 2.24) is 15.5 Å². The lowest BCUT2D eigenvalue weighted by Crippen LogP contribution is -2.44. The third-order valence-corrected chi connectivity index (χ3v) is 3.50. The van der Waals surface area contributed by atoms with Crippen molar-refractivity contribution in [3.63, 3.8) is 0 Å². The van der Waals surface area contributed by atoms with Crippen LogP contribution in [0.2, 0.25) is 0 Å². The fraction of sp³-hybridized carbons (Fsp3) is 0.562. The highest BCUT2D eigenvalue weighted by molar-refractivity contribution is 5.74. The number of hydrogen-bond acceptors (Lipinski definition) is 3. The summed E-state index contributed by atoms with van der Waals surface area (Å²) in [6, 6.07) is 8.09. The number of amides is 2. The molecule has 2 atom stereocenters. The number of nitrogens with one attached hydrogen (secondary N) is 2. The average molecular weight is 293 g/mol. The van der Waals surface area contributed by atoms with E-state index in [0.717, 1.165) is 6.42 Å². The Morgan fingerprint density at radius 1 is 1.29 bits per heavy atom. The maximum absolute atomic E-state index is 11.7. The average Bonchev–Trinajstić information content (AvgIpc) is 2.47. The number of aliphatic hydroxyl groups is 1. The number of rotatable bonds is 7. The fourth-order valence-electron chi connectivity index (χ4n) is 2.08. The van der Waals surface area contributed by atoms with Gasteiger partial charge in [-0.05, 0) is 38.6 Å². The quantitative estimate of drug-likeness (QED) is 0.714. The molecule has 5 nitrogen and oxygen atoms in total. The van der Waals surface area contributed by atoms with Crippen LogP contribution in [0.1, 0.15) is 31.0 Å². The Hall–Kier alpha value is -1.59. The lowest BCUT2D eigenvalue weighted by Gasteiger charge is -2.25. The first-order valence-electron chi connectivity index (χ1n) is 7.38. The molecule has 5 heteroatoms. The number of likely N-dealkylation sites (N-methyl/N-ethyl adjacent to an activating group) is 1. The minimum Gasteiger partial charge on any atom is -0.394 e. The van der Waals surface area contributed by atoms with Crippen LogP contribution in [0.25, 0.3) is 0 Å². The zero-order valence-electron chi connectivity index (χ0n) is 13.4. The van der Waals surface area contributed by atoms with Crippen molar-refractivity contribution in [2.75, 3.05) is 27.2 Å². The van der Waals surface area contributed by atoms with Crippen molar-refractivity contribution in [3.8, 4) is 0 Å². The van der Waals surface area contributed by atoms with E-state index in [0.29, 0.717) is 6.54 Å². The predicted octanol–water partition coefficient (Wildman–Crippen LogP) is 1.53. The van der Waals surface area contributed by atoms with E-state index in [2.05, 4.69) is 46.7 Å². The molecule has 3 N–H and O–H groups in total. The Bertz CT molecular complexity index is 432. The third-order valence-electron chi connectivity index (χ3n) is 3.50. The number of carbonyl (C=O) groups is 1. The van der Waals surface area contributed by atoms with Gasteiger partial charge in [0.1, 0.15) is 0 Å². The van der Waals surface area contributed by atoms with Gasteiger partial charge in [-0.2, -0.15) is 0 Å². The summed E-state index contributed by atoms with van der Waals surface area (Å²) in [5.41, 5.74) is 2.48. The molecule has 1 aromatic rings. The fourth-order valence-corrected chi connectivity index (χ4v) is 2.08. The number of nitrogens with zero attached hydrogens (tertiary/aromatic N) is 1. The van der Waals surface area contributed by atoms with Gasteiger partial charge in [-0.3, -0.25) is 0 Å². The van der Waals surface area contributed by atoms with Crippen molar-refractivity contribution >= 4 is 6.03 Å². The molecule has 1 aromatic carbocycles. The van der Waals surface area contributed by atoms with E-state index in [-0.39, 0.29) is 24.7 Å². The van der Waals surface area contributed by atoms with Gasteiger partial charge in [0.15, 0.2) is 0 Å². The number of hydrogen-bond donors (Lipinski definition) is 3. The summed E-state index contributed by atoms with van der Waals surface area (Å²) in [7, 11) is 3.99. The lowest BCUT2D eigenvalue weighted by atomic mass is 10.0. The molecular formula is C16H27N3O2. The molecule has 0 fully saturated rings. The number of urea groups is 1. The van der Waals surface area contributed by atoms with Crippen LogP contribution in [0.5, 0.6) is 0 Å². The van der Waals surface area contributed by atoms with Crippen LogP contribution in [0, 0.1) is 0 Å². The van der Waals surface area contributed by atoms with Gasteiger partial charge in [0.25, 0.3) is 0 Å². The summed E-state index contributed by atoms with van der Waals surface area (Å²) in [5, 5.41) is 14.5. The Morgan fingerprint density at radius 3 is 2.38 bits per heavy atom. The van der Waals surface area contributed by atoms with E-state index in [1.54, 1.807) is 6.92 Å². The summed E-state index contributed by atoms with van der Waals surface area (Å²) in [4.78, 5) is 13.8. The molecule has 0 radical (unpaired) electrons. The molecule has 2 unspecified atom stereocenters. The minimum absolute atomic E-state index is 0.0665. The van der Waals surface area contributed by atoms with Crippen LogP contribution < -0.4 is 10.6 Å². The molecule has 0 aliphatic heterocycles. The van der Waals surface area contributed by atoms with E-state index in [9.17, 15) is 4.79 Å². The first-order valence-corrected chi connectivity index (χ1v) is 7.38. The van der Waals surface area contributed by atoms with Crippen LogP contribution in [0.3, 0.4) is 0 Å². The second kappa shape index (κ2) is 8.64. The smallest absolute Gasteiger partial charge is 0.315 e. The highest BCUT2D eigenvalue weighted by atomic mass is 16.3. The van der Waals surface area contributed by atoms with Gasteiger partial charge in [-0.25, -0.2) is 4.79 Å². The van der Waals surface area contributed by atoms with Crippen LogP contribution in [0.4, 0.5) is 4.79 Å². The van der Waals surface area contributed by atoms with Gasteiger partial charge < -0.3 is 20.6 Å². The SMILES string of the molecule is CCc1ccc(C(CNC(=O)NC(C)CO)N(C)C)cc1. The van der Waals surface area contributed by atoms with Crippen molar-refractivity contribution < 1.29 is 9.90 Å². The Morgan fingerprint density at radius 2 is 1.90 bits per heavy atom.